The number of hydrogen-bond acceptors (Lipinski definition) is 4. The molecule has 0 amide bonds. The summed E-state index contributed by atoms with van der Waals surface area (Å²) in [6, 6.07) is 0. The van der Waals surface area contributed by atoms with Gasteiger partial charge in [0.15, 0.2) is 6.29 Å². The summed E-state index contributed by atoms with van der Waals surface area (Å²) in [5.74, 6) is 0. The van der Waals surface area contributed by atoms with Crippen LogP contribution in [0.5, 0.6) is 0 Å². The zero-order valence-corrected chi connectivity index (χ0v) is 9.18. The van der Waals surface area contributed by atoms with E-state index in [2.05, 4.69) is 0 Å². The molecule has 0 bridgehead atoms. The highest BCUT2D eigenvalue weighted by molar-refractivity contribution is 4.54. The Kier molecular flexibility index (Phi) is 6.22. The van der Waals surface area contributed by atoms with Crippen LogP contribution in [0.15, 0.2) is 0 Å². The van der Waals surface area contributed by atoms with Crippen LogP contribution in [0, 0.1) is 0 Å². The van der Waals surface area contributed by atoms with E-state index in [0.717, 1.165) is 11.0 Å². The molecule has 0 rings (SSSR count). The Morgan fingerprint density at radius 2 is 1.79 bits per heavy atom. The number of likely N-dealkylation sites (N-methyl/N-ethyl adjacent to an activating group) is 1. The van der Waals surface area contributed by atoms with E-state index in [-0.39, 0.29) is 13.0 Å². The van der Waals surface area contributed by atoms with E-state index in [1.165, 1.54) is 0 Å². The van der Waals surface area contributed by atoms with Crippen molar-refractivity contribution in [2.24, 2.45) is 0 Å². The predicted octanol–water partition coefficient (Wildman–Crippen LogP) is -1.23. The van der Waals surface area contributed by atoms with Crippen LogP contribution in [0.1, 0.15) is 6.42 Å². The van der Waals surface area contributed by atoms with Gasteiger partial charge >= 0.3 is 0 Å². The minimum absolute atomic E-state index is 0.0492. The Morgan fingerprint density at radius 1 is 1.21 bits per heavy atom. The van der Waals surface area contributed by atoms with E-state index in [4.69, 9.17) is 14.9 Å². The summed E-state index contributed by atoms with van der Waals surface area (Å²) in [5.41, 5.74) is 0. The fourth-order valence-corrected chi connectivity index (χ4v) is 0.838. The van der Waals surface area contributed by atoms with Gasteiger partial charge in [0, 0.05) is 6.42 Å². The van der Waals surface area contributed by atoms with E-state index in [9.17, 15) is 5.11 Å². The largest absolute Gasteiger partial charge is 0.394 e. The third-order valence-corrected chi connectivity index (χ3v) is 1.76. The molecule has 2 atom stereocenters. The smallest absolute Gasteiger partial charge is 0.157 e. The van der Waals surface area contributed by atoms with E-state index >= 15 is 0 Å². The van der Waals surface area contributed by atoms with Crippen molar-refractivity contribution in [1.82, 2.24) is 0 Å². The summed E-state index contributed by atoms with van der Waals surface area (Å²) < 4.78 is 5.82. The second-order valence-corrected chi connectivity index (χ2v) is 4.41. The molecule has 0 aliphatic rings. The van der Waals surface area contributed by atoms with Crippen LogP contribution >= 0.6 is 0 Å². The number of ether oxygens (including phenoxy) is 1. The summed E-state index contributed by atoms with van der Waals surface area (Å²) in [6.07, 6.45) is -1.86. The second kappa shape index (κ2) is 6.31. The van der Waals surface area contributed by atoms with Crippen LogP contribution in [0.2, 0.25) is 0 Å². The van der Waals surface area contributed by atoms with Gasteiger partial charge in [-0.2, -0.15) is 0 Å². The first-order valence-electron chi connectivity index (χ1n) is 4.74. The van der Waals surface area contributed by atoms with E-state index in [1.807, 2.05) is 21.1 Å². The fourth-order valence-electron chi connectivity index (χ4n) is 0.838. The monoisotopic (exact) mass is 208 g/mol. The highest BCUT2D eigenvalue weighted by atomic mass is 16.6. The molecule has 0 saturated carbocycles. The summed E-state index contributed by atoms with van der Waals surface area (Å²) in [4.78, 5) is 0. The maximum absolute atomic E-state index is 9.25. The number of aliphatic hydroxyl groups is 3. The van der Waals surface area contributed by atoms with Crippen LogP contribution < -0.4 is 0 Å². The Labute approximate surface area is 85.1 Å². The first-order valence-corrected chi connectivity index (χ1v) is 4.74. The quantitative estimate of drug-likeness (QED) is 0.362. The lowest BCUT2D eigenvalue weighted by molar-refractivity contribution is -0.871. The minimum atomic E-state index is -0.997. The minimum Gasteiger partial charge on any atom is -0.394 e. The average molecular weight is 208 g/mol. The molecule has 2 unspecified atom stereocenters. The van der Waals surface area contributed by atoms with Gasteiger partial charge in [-0.15, -0.1) is 0 Å². The Hall–Kier alpha value is -0.200. The van der Waals surface area contributed by atoms with Gasteiger partial charge in [-0.1, -0.05) is 0 Å². The van der Waals surface area contributed by atoms with Gasteiger partial charge in [-0.3, -0.25) is 0 Å². The van der Waals surface area contributed by atoms with Crippen molar-refractivity contribution in [2.45, 2.75) is 18.8 Å². The predicted molar refractivity (Wildman–Crippen MR) is 52.6 cm³/mol. The number of quaternary nitrogens is 1. The van der Waals surface area contributed by atoms with E-state index in [0.29, 0.717) is 6.61 Å². The molecule has 86 valence electrons. The molecular weight excluding hydrogens is 186 g/mol. The number of nitrogens with zero attached hydrogens (tertiary/aromatic N) is 1. The summed E-state index contributed by atoms with van der Waals surface area (Å²) >= 11 is 0. The van der Waals surface area contributed by atoms with Crippen molar-refractivity contribution in [1.29, 1.82) is 0 Å². The molecule has 0 aromatic heterocycles. The Balaban J connectivity index is 3.49. The molecule has 5 heteroatoms. The lowest BCUT2D eigenvalue weighted by Gasteiger charge is -2.24. The van der Waals surface area contributed by atoms with Gasteiger partial charge in [0.1, 0.15) is 6.54 Å². The first kappa shape index (κ1) is 13.8. The molecule has 0 fully saturated rings. The molecule has 14 heavy (non-hydrogen) atoms. The van der Waals surface area contributed by atoms with Crippen LogP contribution in [-0.2, 0) is 4.74 Å². The van der Waals surface area contributed by atoms with Crippen LogP contribution in [0.4, 0.5) is 0 Å². The Bertz CT molecular complexity index is 146. The normalized spacial score (nSPS) is 16.7. The molecule has 5 nitrogen and oxygen atoms in total. The SMILES string of the molecule is C[N+](C)(C)CCOC(O)CC(O)CO. The van der Waals surface area contributed by atoms with Gasteiger partial charge < -0.3 is 24.5 Å². The zero-order valence-electron chi connectivity index (χ0n) is 9.18. The lowest BCUT2D eigenvalue weighted by atomic mass is 10.2. The average Bonchev–Trinajstić information content (AvgIpc) is 2.01. The third-order valence-electron chi connectivity index (χ3n) is 1.76. The number of hydrogen-bond donors (Lipinski definition) is 3. The van der Waals surface area contributed by atoms with Gasteiger partial charge in [0.2, 0.25) is 0 Å². The fraction of sp³-hybridized carbons (Fsp3) is 1.00. The molecule has 0 radical (unpaired) electrons. The van der Waals surface area contributed by atoms with Crippen LogP contribution in [0.25, 0.3) is 0 Å². The van der Waals surface area contributed by atoms with Crippen molar-refractivity contribution in [3.63, 3.8) is 0 Å². The van der Waals surface area contributed by atoms with Crippen molar-refractivity contribution in [3.8, 4) is 0 Å². The van der Waals surface area contributed by atoms with Gasteiger partial charge in [-0.25, -0.2) is 0 Å². The molecule has 0 spiro atoms. The van der Waals surface area contributed by atoms with Crippen LogP contribution in [-0.4, -0.2) is 73.1 Å². The summed E-state index contributed by atoms with van der Waals surface area (Å²) in [7, 11) is 6.08. The lowest BCUT2D eigenvalue weighted by Crippen LogP contribution is -2.38. The van der Waals surface area contributed by atoms with E-state index in [1.54, 1.807) is 0 Å². The molecule has 0 saturated heterocycles. The standard InChI is InChI=1S/C9H22NO4/c1-10(2,3)4-5-14-9(13)6-8(12)7-11/h8-9,11-13H,4-7H2,1-3H3/q+1. The van der Waals surface area contributed by atoms with Crippen molar-refractivity contribution >= 4 is 0 Å². The first-order chi connectivity index (χ1) is 6.35. The highest BCUT2D eigenvalue weighted by Gasteiger charge is 2.13. The van der Waals surface area contributed by atoms with Gasteiger partial charge in [-0.05, 0) is 0 Å². The van der Waals surface area contributed by atoms with E-state index < -0.39 is 12.4 Å². The summed E-state index contributed by atoms with van der Waals surface area (Å²) in [5, 5.41) is 26.8. The zero-order chi connectivity index (χ0) is 11.2. The topological polar surface area (TPSA) is 69.9 Å². The molecular formula is C9H22NO4+. The molecule has 0 heterocycles. The molecule has 0 aromatic rings. The number of rotatable bonds is 7. The molecule has 0 aromatic carbocycles. The van der Waals surface area contributed by atoms with Crippen LogP contribution in [0.3, 0.4) is 0 Å². The summed E-state index contributed by atoms with van der Waals surface area (Å²) in [6.45, 7) is 0.866. The van der Waals surface area contributed by atoms with Crippen molar-refractivity contribution in [3.05, 3.63) is 0 Å². The maximum Gasteiger partial charge on any atom is 0.157 e. The number of aliphatic hydroxyl groups excluding tert-OH is 3. The van der Waals surface area contributed by atoms with Crippen molar-refractivity contribution < 1.29 is 24.5 Å². The van der Waals surface area contributed by atoms with Crippen molar-refractivity contribution in [2.75, 3.05) is 40.9 Å². The van der Waals surface area contributed by atoms with Gasteiger partial charge in [0.05, 0.1) is 40.5 Å². The highest BCUT2D eigenvalue weighted by Crippen LogP contribution is 2.00. The molecule has 3 N–H and O–H groups in total. The third kappa shape index (κ3) is 8.40. The second-order valence-electron chi connectivity index (χ2n) is 4.41. The maximum atomic E-state index is 9.25. The molecule has 0 aliphatic carbocycles. The van der Waals surface area contributed by atoms with Gasteiger partial charge in [0.25, 0.3) is 0 Å². The molecule has 0 aliphatic heterocycles. The Morgan fingerprint density at radius 3 is 2.21 bits per heavy atom.